The Morgan fingerprint density at radius 3 is 2.62 bits per heavy atom. The van der Waals surface area contributed by atoms with E-state index in [1.165, 1.54) is 12.1 Å². The molecule has 0 aliphatic carbocycles. The maximum atomic E-state index is 13.9. The Hall–Kier alpha value is -4.66. The highest BCUT2D eigenvalue weighted by molar-refractivity contribution is 5.96. The first-order chi connectivity index (χ1) is 15.7. The number of halogens is 1. The molecule has 0 aliphatic rings. The summed E-state index contributed by atoms with van der Waals surface area (Å²) >= 11 is 0. The van der Waals surface area contributed by atoms with Gasteiger partial charge in [0.2, 0.25) is 0 Å². The first-order valence-corrected chi connectivity index (χ1v) is 9.75. The van der Waals surface area contributed by atoms with E-state index in [1.807, 2.05) is 18.2 Å². The predicted molar refractivity (Wildman–Crippen MR) is 117 cm³/mol. The van der Waals surface area contributed by atoms with Gasteiger partial charge < -0.3 is 10.1 Å². The van der Waals surface area contributed by atoms with Gasteiger partial charge in [-0.05, 0) is 42.0 Å². The summed E-state index contributed by atoms with van der Waals surface area (Å²) in [5.41, 5.74) is 5.36. The third kappa shape index (κ3) is 2.95. The number of benzene rings is 1. The van der Waals surface area contributed by atoms with Crippen LogP contribution < -0.4 is 0 Å². The van der Waals surface area contributed by atoms with Gasteiger partial charge >= 0.3 is 0 Å². The molecule has 0 radical (unpaired) electrons. The molecule has 0 saturated carbocycles. The van der Waals surface area contributed by atoms with E-state index in [0.29, 0.717) is 33.8 Å². The third-order valence-corrected chi connectivity index (χ3v) is 5.23. The zero-order chi connectivity index (χ0) is 21.7. The molecule has 1 aromatic carbocycles. The van der Waals surface area contributed by atoms with Crippen LogP contribution in [0.2, 0.25) is 0 Å². The fourth-order valence-electron chi connectivity index (χ4n) is 3.77. The van der Waals surface area contributed by atoms with Gasteiger partial charge in [-0.15, -0.1) is 0 Å². The van der Waals surface area contributed by atoms with Crippen LogP contribution in [0.3, 0.4) is 0 Å². The summed E-state index contributed by atoms with van der Waals surface area (Å²) in [6.07, 6.45) is 6.75. The normalized spacial score (nSPS) is 11.4. The smallest absolute Gasteiger partial charge is 0.178 e. The van der Waals surface area contributed by atoms with Crippen molar-refractivity contribution >= 4 is 22.1 Å². The minimum Gasteiger partial charge on any atom is -0.508 e. The summed E-state index contributed by atoms with van der Waals surface area (Å²) in [4.78, 5) is 20.7. The van der Waals surface area contributed by atoms with Gasteiger partial charge in [-0.2, -0.15) is 5.10 Å². The topological polar surface area (TPSA) is 116 Å². The lowest BCUT2D eigenvalue weighted by Gasteiger charge is -2.04. The van der Waals surface area contributed by atoms with Crippen molar-refractivity contribution in [3.05, 3.63) is 73.1 Å². The lowest BCUT2D eigenvalue weighted by Crippen LogP contribution is -1.85. The van der Waals surface area contributed by atoms with E-state index in [2.05, 4.69) is 35.1 Å². The Kier molecular flexibility index (Phi) is 3.94. The van der Waals surface area contributed by atoms with Crippen LogP contribution in [0, 0.1) is 5.82 Å². The first-order valence-electron chi connectivity index (χ1n) is 9.75. The lowest BCUT2D eigenvalue weighted by atomic mass is 10.1. The minimum absolute atomic E-state index is 0.154. The van der Waals surface area contributed by atoms with Gasteiger partial charge in [0.15, 0.2) is 11.5 Å². The SMILES string of the molecule is Oc1cc(F)cc(-c2ccnc3nc(-c4n[nH]c5cnc(-c6ccncc6)cc45)[nH]c23)c1. The summed E-state index contributed by atoms with van der Waals surface area (Å²) in [6, 6.07) is 11.4. The minimum atomic E-state index is -0.529. The van der Waals surface area contributed by atoms with Gasteiger partial charge in [0.1, 0.15) is 17.3 Å². The second-order valence-corrected chi connectivity index (χ2v) is 7.26. The van der Waals surface area contributed by atoms with Crippen LogP contribution in [0.15, 0.2) is 67.3 Å². The van der Waals surface area contributed by atoms with Crippen LogP contribution in [0.25, 0.3) is 56.0 Å². The van der Waals surface area contributed by atoms with Gasteiger partial charge in [0.25, 0.3) is 0 Å². The second kappa shape index (κ2) is 6.95. The monoisotopic (exact) mass is 423 g/mol. The van der Waals surface area contributed by atoms with Crippen molar-refractivity contribution < 1.29 is 9.50 Å². The standard InChI is InChI=1S/C23H14FN7O/c24-14-7-13(8-15(32)9-14)16-3-6-26-22-20(16)28-23(29-22)21-17-10-18(12-1-4-25-5-2-12)27-11-19(17)30-31-21/h1-11,32H,(H,30,31)(H,26,28,29). The van der Waals surface area contributed by atoms with E-state index in [-0.39, 0.29) is 5.75 Å². The summed E-state index contributed by atoms with van der Waals surface area (Å²) < 4.78 is 13.9. The van der Waals surface area contributed by atoms with E-state index in [4.69, 9.17) is 0 Å². The highest BCUT2D eigenvalue weighted by atomic mass is 19.1. The second-order valence-electron chi connectivity index (χ2n) is 7.26. The van der Waals surface area contributed by atoms with E-state index >= 15 is 0 Å². The number of fused-ring (bicyclic) bond motifs is 2. The Balaban J connectivity index is 1.52. The molecule has 5 heterocycles. The number of phenols is 1. The molecule has 0 atom stereocenters. The molecular formula is C23H14FN7O. The molecule has 32 heavy (non-hydrogen) atoms. The highest BCUT2D eigenvalue weighted by Crippen LogP contribution is 2.33. The maximum Gasteiger partial charge on any atom is 0.178 e. The van der Waals surface area contributed by atoms with Gasteiger partial charge in [0, 0.05) is 41.2 Å². The van der Waals surface area contributed by atoms with Gasteiger partial charge in [-0.1, -0.05) is 0 Å². The number of hydrogen-bond donors (Lipinski definition) is 3. The van der Waals surface area contributed by atoms with Crippen LogP contribution in [0.5, 0.6) is 5.75 Å². The van der Waals surface area contributed by atoms with E-state index in [1.54, 1.807) is 30.9 Å². The number of pyridine rings is 3. The summed E-state index contributed by atoms with van der Waals surface area (Å²) in [6.45, 7) is 0. The zero-order valence-corrected chi connectivity index (χ0v) is 16.4. The predicted octanol–water partition coefficient (Wildman–Crippen LogP) is 4.47. The molecule has 0 aliphatic heterocycles. The number of imidazole rings is 1. The van der Waals surface area contributed by atoms with E-state index in [9.17, 15) is 9.50 Å². The molecule has 0 unspecified atom stereocenters. The van der Waals surface area contributed by atoms with Crippen LogP contribution in [0.1, 0.15) is 0 Å². The van der Waals surface area contributed by atoms with Crippen molar-refractivity contribution in [3.8, 4) is 39.7 Å². The largest absolute Gasteiger partial charge is 0.508 e. The fraction of sp³-hybridized carbons (Fsp3) is 0. The van der Waals surface area contributed by atoms with Gasteiger partial charge in [0.05, 0.1) is 22.9 Å². The van der Waals surface area contributed by atoms with Crippen LogP contribution >= 0.6 is 0 Å². The van der Waals surface area contributed by atoms with Crippen molar-refractivity contribution in [1.82, 2.24) is 35.1 Å². The average molecular weight is 423 g/mol. The van der Waals surface area contributed by atoms with Crippen molar-refractivity contribution in [3.63, 3.8) is 0 Å². The van der Waals surface area contributed by atoms with E-state index in [0.717, 1.165) is 28.2 Å². The molecular weight excluding hydrogens is 409 g/mol. The van der Waals surface area contributed by atoms with Crippen molar-refractivity contribution in [1.29, 1.82) is 0 Å². The molecule has 0 amide bonds. The number of nitrogens with one attached hydrogen (secondary N) is 2. The first kappa shape index (κ1) is 18.1. The molecule has 6 rings (SSSR count). The third-order valence-electron chi connectivity index (χ3n) is 5.23. The number of aromatic nitrogens is 7. The quantitative estimate of drug-likeness (QED) is 0.387. The molecule has 8 nitrogen and oxygen atoms in total. The Morgan fingerprint density at radius 2 is 1.78 bits per heavy atom. The molecule has 9 heteroatoms. The number of phenolic OH excluding ortho intramolecular Hbond substituents is 1. The fourth-order valence-corrected chi connectivity index (χ4v) is 3.77. The lowest BCUT2D eigenvalue weighted by molar-refractivity contribution is 0.469. The molecule has 0 saturated heterocycles. The molecule has 3 N–H and O–H groups in total. The number of hydrogen-bond acceptors (Lipinski definition) is 6. The zero-order valence-electron chi connectivity index (χ0n) is 16.4. The summed E-state index contributed by atoms with van der Waals surface area (Å²) in [7, 11) is 0. The van der Waals surface area contributed by atoms with E-state index < -0.39 is 5.82 Å². The number of rotatable bonds is 3. The number of aromatic amines is 2. The van der Waals surface area contributed by atoms with Crippen molar-refractivity contribution in [2.75, 3.05) is 0 Å². The molecule has 6 aromatic rings. The Labute approximate surface area is 179 Å². The summed E-state index contributed by atoms with van der Waals surface area (Å²) in [5, 5.41) is 18.1. The number of nitrogens with zero attached hydrogens (tertiary/aromatic N) is 5. The van der Waals surface area contributed by atoms with Crippen molar-refractivity contribution in [2.45, 2.75) is 0 Å². The van der Waals surface area contributed by atoms with Gasteiger partial charge in [-0.3, -0.25) is 15.1 Å². The molecule has 0 spiro atoms. The Bertz CT molecular complexity index is 1590. The highest BCUT2D eigenvalue weighted by Gasteiger charge is 2.17. The molecule has 0 fully saturated rings. The van der Waals surface area contributed by atoms with Crippen LogP contribution in [-0.4, -0.2) is 40.2 Å². The molecule has 154 valence electrons. The number of aromatic hydroxyl groups is 1. The van der Waals surface area contributed by atoms with Crippen LogP contribution in [-0.2, 0) is 0 Å². The van der Waals surface area contributed by atoms with Gasteiger partial charge in [-0.25, -0.2) is 14.4 Å². The summed E-state index contributed by atoms with van der Waals surface area (Å²) in [5.74, 6) is -0.169. The number of H-pyrrole nitrogens is 2. The Morgan fingerprint density at radius 1 is 0.906 bits per heavy atom. The van der Waals surface area contributed by atoms with Crippen molar-refractivity contribution in [2.24, 2.45) is 0 Å². The average Bonchev–Trinajstić information content (AvgIpc) is 3.42. The van der Waals surface area contributed by atoms with Crippen LogP contribution in [0.4, 0.5) is 4.39 Å². The maximum absolute atomic E-state index is 13.9. The molecule has 0 bridgehead atoms. The molecule has 5 aromatic heterocycles.